The van der Waals surface area contributed by atoms with Crippen molar-refractivity contribution < 1.29 is 19.0 Å². The van der Waals surface area contributed by atoms with E-state index in [4.69, 9.17) is 4.74 Å². The summed E-state index contributed by atoms with van der Waals surface area (Å²) in [6, 6.07) is 14.8. The Labute approximate surface area is 179 Å². The summed E-state index contributed by atoms with van der Waals surface area (Å²) >= 11 is 0. The summed E-state index contributed by atoms with van der Waals surface area (Å²) in [5.41, 5.74) is 0.533. The van der Waals surface area contributed by atoms with E-state index in [-0.39, 0.29) is 0 Å². The summed E-state index contributed by atoms with van der Waals surface area (Å²) in [5, 5.41) is 20.7. The molecule has 6 nitrogen and oxygen atoms in total. The fourth-order valence-electron chi connectivity index (χ4n) is 3.75. The largest absolute Gasteiger partial charge is 0.485 e. The third-order valence-electron chi connectivity index (χ3n) is 5.35. The topological polar surface area (TPSA) is 86.5 Å². The number of anilines is 1. The number of nitriles is 1. The Balaban J connectivity index is 1.94. The number of fused-ring (bicyclic) bond motifs is 1. The highest BCUT2D eigenvalue weighted by Gasteiger charge is 2.47. The summed E-state index contributed by atoms with van der Waals surface area (Å²) < 4.78 is 19.6. The lowest BCUT2D eigenvalue weighted by molar-refractivity contribution is -0.0577. The maximum absolute atomic E-state index is 13.6. The average Bonchev–Trinajstić information content (AvgIpc) is 2.77. The first-order chi connectivity index (χ1) is 14.8. The van der Waals surface area contributed by atoms with E-state index in [2.05, 4.69) is 11.1 Å². The Hall–Kier alpha value is -3.76. The zero-order valence-electron chi connectivity index (χ0n) is 17.0. The third kappa shape index (κ3) is 3.74. The number of pyridine rings is 1. The smallest absolute Gasteiger partial charge is 0.260 e. The molecular weight excluding hydrogens is 397 g/mol. The highest BCUT2D eigenvalue weighted by atomic mass is 19.1. The van der Waals surface area contributed by atoms with E-state index >= 15 is 0 Å². The second-order valence-corrected chi connectivity index (χ2v) is 7.85. The minimum absolute atomic E-state index is 0.307. The van der Waals surface area contributed by atoms with Crippen LogP contribution in [0.2, 0.25) is 0 Å². The van der Waals surface area contributed by atoms with Gasteiger partial charge in [-0.2, -0.15) is 5.26 Å². The summed E-state index contributed by atoms with van der Waals surface area (Å²) in [5.74, 6) is -0.405. The van der Waals surface area contributed by atoms with Crippen molar-refractivity contribution in [2.45, 2.75) is 31.6 Å². The highest BCUT2D eigenvalue weighted by Crippen LogP contribution is 2.45. The molecule has 2 atom stereocenters. The van der Waals surface area contributed by atoms with E-state index < -0.39 is 29.5 Å². The first-order valence-electron chi connectivity index (χ1n) is 9.72. The lowest BCUT2D eigenvalue weighted by atomic mass is 9.84. The van der Waals surface area contributed by atoms with Gasteiger partial charge in [-0.15, -0.1) is 0 Å². The molecule has 1 amide bonds. The van der Waals surface area contributed by atoms with E-state index in [1.54, 1.807) is 50.4 Å². The van der Waals surface area contributed by atoms with Gasteiger partial charge >= 0.3 is 0 Å². The minimum atomic E-state index is -1.14. The lowest BCUT2D eigenvalue weighted by Gasteiger charge is -2.46. The number of carbonyl (C=O) groups is 1. The number of rotatable bonds is 3. The van der Waals surface area contributed by atoms with Crippen molar-refractivity contribution in [1.29, 1.82) is 5.26 Å². The van der Waals surface area contributed by atoms with Gasteiger partial charge < -0.3 is 9.84 Å². The van der Waals surface area contributed by atoms with Crippen LogP contribution in [-0.2, 0) is 0 Å². The van der Waals surface area contributed by atoms with E-state index in [0.717, 1.165) is 0 Å². The van der Waals surface area contributed by atoms with Crippen LogP contribution in [0.15, 0.2) is 67.0 Å². The number of halogens is 1. The second kappa shape index (κ2) is 7.82. The normalized spacial score (nSPS) is 18.9. The Morgan fingerprint density at radius 3 is 2.61 bits per heavy atom. The molecule has 0 saturated carbocycles. The van der Waals surface area contributed by atoms with Crippen molar-refractivity contribution >= 4 is 11.6 Å². The summed E-state index contributed by atoms with van der Waals surface area (Å²) in [6.45, 7) is 3.45. The zero-order valence-corrected chi connectivity index (χ0v) is 17.0. The fourth-order valence-corrected chi connectivity index (χ4v) is 3.75. The number of carbonyl (C=O) groups excluding carboxylic acids is 1. The maximum atomic E-state index is 13.6. The van der Waals surface area contributed by atoms with Crippen molar-refractivity contribution in [2.75, 3.05) is 4.90 Å². The minimum Gasteiger partial charge on any atom is -0.485 e. The van der Waals surface area contributed by atoms with Gasteiger partial charge in [0.2, 0.25) is 0 Å². The second-order valence-electron chi connectivity index (χ2n) is 7.85. The first kappa shape index (κ1) is 20.5. The molecule has 4 rings (SSSR count). The van der Waals surface area contributed by atoms with Gasteiger partial charge in [0, 0.05) is 23.6 Å². The Bertz CT molecular complexity index is 1160. The number of amides is 1. The molecule has 3 aromatic rings. The molecule has 0 radical (unpaired) electrons. The molecule has 1 aliphatic rings. The van der Waals surface area contributed by atoms with Crippen LogP contribution < -0.4 is 9.64 Å². The molecule has 0 bridgehead atoms. The Morgan fingerprint density at radius 1 is 1.23 bits per heavy atom. The van der Waals surface area contributed by atoms with Gasteiger partial charge in [0.1, 0.15) is 23.3 Å². The predicted octanol–water partition coefficient (Wildman–Crippen LogP) is 4.01. The molecule has 2 aromatic carbocycles. The van der Waals surface area contributed by atoms with Gasteiger partial charge in [-0.1, -0.05) is 0 Å². The van der Waals surface area contributed by atoms with Crippen molar-refractivity contribution in [3.63, 3.8) is 0 Å². The quantitative estimate of drug-likeness (QED) is 0.696. The first-order valence-corrected chi connectivity index (χ1v) is 9.72. The number of hydrogen-bond donors (Lipinski definition) is 1. The molecular formula is C24H20FN3O3. The molecule has 0 spiro atoms. The van der Waals surface area contributed by atoms with Gasteiger partial charge in [-0.25, -0.2) is 4.39 Å². The molecule has 0 unspecified atom stereocenters. The number of benzene rings is 2. The summed E-state index contributed by atoms with van der Waals surface area (Å²) in [6.07, 6.45) is 1.85. The van der Waals surface area contributed by atoms with Crippen LogP contribution in [0.3, 0.4) is 0 Å². The Morgan fingerprint density at radius 2 is 1.97 bits per heavy atom. The Kier molecular flexibility index (Phi) is 5.17. The van der Waals surface area contributed by atoms with Crippen molar-refractivity contribution in [1.82, 2.24) is 4.98 Å². The number of aliphatic hydroxyl groups is 1. The van der Waals surface area contributed by atoms with Gasteiger partial charge in [0.05, 0.1) is 23.2 Å². The van der Waals surface area contributed by atoms with Crippen LogP contribution >= 0.6 is 0 Å². The van der Waals surface area contributed by atoms with Crippen molar-refractivity contribution in [3.05, 3.63) is 89.5 Å². The molecule has 1 aromatic heterocycles. The molecule has 156 valence electrons. The van der Waals surface area contributed by atoms with Crippen molar-refractivity contribution in [2.24, 2.45) is 0 Å². The molecule has 2 heterocycles. The van der Waals surface area contributed by atoms with Gasteiger partial charge in [-0.05, 0) is 68.4 Å². The SMILES string of the molecule is CC1(C)Oc2ccc(C#N)cc2[C@H](N(C(=O)c2cccnc2)c2ccc(F)cc2)[C@H]1O. The fraction of sp³-hybridized carbons (Fsp3) is 0.208. The van der Waals surface area contributed by atoms with Gasteiger partial charge in [-0.3, -0.25) is 14.7 Å². The zero-order chi connectivity index (χ0) is 22.2. The molecule has 1 N–H and O–H groups in total. The predicted molar refractivity (Wildman–Crippen MR) is 112 cm³/mol. The standard InChI is InChI=1S/C24H20FN3O3/c1-24(2)22(29)21(19-12-15(13-26)5-10-20(19)31-24)28(18-8-6-17(25)7-9-18)23(30)16-4-3-11-27-14-16/h3-12,14,21-22,29H,1-2H3/t21-,22+/m0/s1. The third-order valence-corrected chi connectivity index (χ3v) is 5.35. The maximum Gasteiger partial charge on any atom is 0.260 e. The summed E-state index contributed by atoms with van der Waals surface area (Å²) in [4.78, 5) is 19.1. The van der Waals surface area contributed by atoms with Gasteiger partial charge in [0.15, 0.2) is 0 Å². The van der Waals surface area contributed by atoms with Crippen LogP contribution in [0, 0.1) is 17.1 Å². The molecule has 31 heavy (non-hydrogen) atoms. The highest BCUT2D eigenvalue weighted by molar-refractivity contribution is 6.06. The average molecular weight is 417 g/mol. The molecule has 1 aliphatic heterocycles. The number of aliphatic hydroxyl groups excluding tert-OH is 1. The van der Waals surface area contributed by atoms with E-state index in [0.29, 0.717) is 28.1 Å². The molecule has 0 saturated heterocycles. The van der Waals surface area contributed by atoms with Crippen LogP contribution in [0.1, 0.15) is 41.4 Å². The van der Waals surface area contributed by atoms with Crippen LogP contribution in [0.5, 0.6) is 5.75 Å². The van der Waals surface area contributed by atoms with E-state index in [1.807, 2.05) is 0 Å². The van der Waals surface area contributed by atoms with Crippen LogP contribution in [-0.4, -0.2) is 27.7 Å². The summed E-state index contributed by atoms with van der Waals surface area (Å²) in [7, 11) is 0. The molecule has 7 heteroatoms. The van der Waals surface area contributed by atoms with Crippen LogP contribution in [0.4, 0.5) is 10.1 Å². The number of ether oxygens (including phenoxy) is 1. The van der Waals surface area contributed by atoms with E-state index in [9.17, 15) is 19.6 Å². The van der Waals surface area contributed by atoms with Crippen molar-refractivity contribution in [3.8, 4) is 11.8 Å². The monoisotopic (exact) mass is 417 g/mol. The number of hydrogen-bond acceptors (Lipinski definition) is 5. The number of aromatic nitrogens is 1. The lowest BCUT2D eigenvalue weighted by Crippen LogP contribution is -2.55. The van der Waals surface area contributed by atoms with Crippen LogP contribution in [0.25, 0.3) is 0 Å². The van der Waals surface area contributed by atoms with Gasteiger partial charge in [0.25, 0.3) is 5.91 Å². The molecule has 0 aliphatic carbocycles. The molecule has 0 fully saturated rings. The number of nitrogens with zero attached hydrogens (tertiary/aromatic N) is 3. The van der Waals surface area contributed by atoms with E-state index in [1.165, 1.54) is 35.4 Å².